The molecule has 0 aliphatic heterocycles. The number of carbonyl (C=O) groups excluding carboxylic acids is 1. The molecule has 0 aliphatic carbocycles. The maximum Gasteiger partial charge on any atom is 0.132 e. The number of ketones is 1. The number of hydrogen-bond acceptors (Lipinski definition) is 2. The van der Waals surface area contributed by atoms with Crippen LogP contribution in [0.4, 0.5) is 0 Å². The van der Waals surface area contributed by atoms with E-state index in [1.807, 2.05) is 6.92 Å². The molecule has 12 heavy (non-hydrogen) atoms. The highest BCUT2D eigenvalue weighted by Crippen LogP contribution is 1.96. The third kappa shape index (κ3) is 22.6. The molecule has 0 unspecified atom stereocenters. The van der Waals surface area contributed by atoms with Gasteiger partial charge in [-0.05, 0) is 20.3 Å². The van der Waals surface area contributed by atoms with E-state index in [4.69, 9.17) is 5.11 Å². The Hall–Kier alpha value is -0.370. The van der Waals surface area contributed by atoms with Crippen molar-refractivity contribution in [1.29, 1.82) is 0 Å². The molecule has 0 aromatic carbocycles. The average Bonchev–Trinajstić information content (AvgIpc) is 1.99. The minimum atomic E-state index is -0.167. The van der Waals surface area contributed by atoms with E-state index in [-0.39, 0.29) is 6.10 Å². The summed E-state index contributed by atoms with van der Waals surface area (Å²) >= 11 is 0. The van der Waals surface area contributed by atoms with Gasteiger partial charge in [0.1, 0.15) is 5.78 Å². The Labute approximate surface area is 76.0 Å². The molecule has 0 bridgehead atoms. The zero-order chi connectivity index (χ0) is 9.98. The second-order valence-electron chi connectivity index (χ2n) is 3.09. The normalized spacial score (nSPS) is 9.17. The first-order valence-corrected chi connectivity index (χ1v) is 4.74. The molecular weight excluding hydrogens is 152 g/mol. The molecule has 0 aromatic heterocycles. The van der Waals surface area contributed by atoms with Crippen molar-refractivity contribution in [1.82, 2.24) is 0 Å². The number of aliphatic hydroxyl groups is 1. The lowest BCUT2D eigenvalue weighted by Crippen LogP contribution is -1.92. The molecule has 0 aromatic rings. The molecule has 1 N–H and O–H groups in total. The number of unbranched alkanes of at least 4 members (excludes halogenated alkanes) is 1. The topological polar surface area (TPSA) is 37.3 Å². The fourth-order valence-corrected chi connectivity index (χ4v) is 0.551. The lowest BCUT2D eigenvalue weighted by molar-refractivity contribution is -0.118. The van der Waals surface area contributed by atoms with Crippen LogP contribution in [0.5, 0.6) is 0 Å². The fraction of sp³-hybridized carbons (Fsp3) is 0.900. The van der Waals surface area contributed by atoms with E-state index < -0.39 is 0 Å². The SMILES string of the molecule is CC(C)O.CCCCC(=O)CC. The van der Waals surface area contributed by atoms with Gasteiger partial charge in [-0.2, -0.15) is 0 Å². The van der Waals surface area contributed by atoms with Crippen LogP contribution in [0.15, 0.2) is 0 Å². The van der Waals surface area contributed by atoms with Crippen LogP contribution >= 0.6 is 0 Å². The Kier molecular flexibility index (Phi) is 12.6. The van der Waals surface area contributed by atoms with Gasteiger partial charge in [0, 0.05) is 18.9 Å². The molecule has 0 radical (unpaired) electrons. The van der Waals surface area contributed by atoms with E-state index in [9.17, 15) is 4.79 Å². The molecule has 0 saturated heterocycles. The van der Waals surface area contributed by atoms with Gasteiger partial charge in [0.15, 0.2) is 0 Å². The lowest BCUT2D eigenvalue weighted by Gasteiger charge is -1.91. The summed E-state index contributed by atoms with van der Waals surface area (Å²) in [6, 6.07) is 0. The van der Waals surface area contributed by atoms with Crippen LogP contribution in [0.1, 0.15) is 53.4 Å². The molecule has 0 heterocycles. The number of aliphatic hydroxyl groups excluding tert-OH is 1. The first-order valence-electron chi connectivity index (χ1n) is 4.74. The summed E-state index contributed by atoms with van der Waals surface area (Å²) < 4.78 is 0. The second-order valence-corrected chi connectivity index (χ2v) is 3.09. The fourth-order valence-electron chi connectivity index (χ4n) is 0.551. The minimum Gasteiger partial charge on any atom is -0.394 e. The number of hydrogen-bond donors (Lipinski definition) is 1. The highest BCUT2D eigenvalue weighted by Gasteiger charge is 1.93. The van der Waals surface area contributed by atoms with Crippen molar-refractivity contribution in [3.63, 3.8) is 0 Å². The second kappa shape index (κ2) is 10.6. The van der Waals surface area contributed by atoms with E-state index >= 15 is 0 Å². The summed E-state index contributed by atoms with van der Waals surface area (Å²) in [7, 11) is 0. The summed E-state index contributed by atoms with van der Waals surface area (Å²) in [6.45, 7) is 7.46. The Balaban J connectivity index is 0. The molecule has 0 amide bonds. The number of carbonyl (C=O) groups is 1. The molecule has 0 aliphatic rings. The van der Waals surface area contributed by atoms with Crippen molar-refractivity contribution < 1.29 is 9.90 Å². The highest BCUT2D eigenvalue weighted by molar-refractivity contribution is 5.77. The standard InChI is InChI=1S/C7H14O.C3H8O/c1-3-5-6-7(8)4-2;1-3(2)4/h3-6H2,1-2H3;3-4H,1-2H3. The van der Waals surface area contributed by atoms with Gasteiger partial charge >= 0.3 is 0 Å². The minimum absolute atomic E-state index is 0.167. The van der Waals surface area contributed by atoms with Crippen molar-refractivity contribution in [3.05, 3.63) is 0 Å². The van der Waals surface area contributed by atoms with Crippen LogP contribution < -0.4 is 0 Å². The maximum absolute atomic E-state index is 10.6. The van der Waals surface area contributed by atoms with Crippen LogP contribution in [0.3, 0.4) is 0 Å². The maximum atomic E-state index is 10.6. The molecule has 74 valence electrons. The summed E-state index contributed by atoms with van der Waals surface area (Å²) in [5.74, 6) is 0.395. The zero-order valence-corrected chi connectivity index (χ0v) is 8.76. The monoisotopic (exact) mass is 174 g/mol. The largest absolute Gasteiger partial charge is 0.394 e. The van der Waals surface area contributed by atoms with Crippen molar-refractivity contribution in [3.8, 4) is 0 Å². The van der Waals surface area contributed by atoms with Crippen molar-refractivity contribution >= 4 is 5.78 Å². The molecular formula is C10H22O2. The molecule has 2 nitrogen and oxygen atoms in total. The number of rotatable bonds is 4. The van der Waals surface area contributed by atoms with Gasteiger partial charge in [-0.3, -0.25) is 4.79 Å². The Morgan fingerprint density at radius 3 is 2.00 bits per heavy atom. The molecule has 0 spiro atoms. The third-order valence-corrected chi connectivity index (χ3v) is 1.20. The van der Waals surface area contributed by atoms with Crippen LogP contribution in [-0.2, 0) is 4.79 Å². The summed E-state index contributed by atoms with van der Waals surface area (Å²) in [4.78, 5) is 10.6. The smallest absolute Gasteiger partial charge is 0.132 e. The van der Waals surface area contributed by atoms with Crippen LogP contribution in [0.25, 0.3) is 0 Å². The van der Waals surface area contributed by atoms with Gasteiger partial charge in [0.2, 0.25) is 0 Å². The first kappa shape index (κ1) is 14.2. The van der Waals surface area contributed by atoms with E-state index in [0.29, 0.717) is 12.2 Å². The van der Waals surface area contributed by atoms with Gasteiger partial charge in [0.05, 0.1) is 0 Å². The third-order valence-electron chi connectivity index (χ3n) is 1.20. The van der Waals surface area contributed by atoms with Crippen LogP contribution in [0, 0.1) is 0 Å². The Morgan fingerprint density at radius 2 is 1.75 bits per heavy atom. The number of Topliss-reactive ketones (excluding diaryl/α,β-unsaturated/α-hetero) is 1. The first-order chi connectivity index (χ1) is 5.54. The molecule has 0 fully saturated rings. The zero-order valence-electron chi connectivity index (χ0n) is 8.76. The molecule has 0 saturated carbocycles. The van der Waals surface area contributed by atoms with Crippen molar-refractivity contribution in [2.75, 3.05) is 0 Å². The van der Waals surface area contributed by atoms with E-state index in [0.717, 1.165) is 19.3 Å². The molecule has 0 rings (SSSR count). The highest BCUT2D eigenvalue weighted by atomic mass is 16.3. The van der Waals surface area contributed by atoms with Gasteiger partial charge in [-0.25, -0.2) is 0 Å². The summed E-state index contributed by atoms with van der Waals surface area (Å²) in [5.41, 5.74) is 0. The van der Waals surface area contributed by atoms with Crippen LogP contribution in [-0.4, -0.2) is 17.0 Å². The van der Waals surface area contributed by atoms with E-state index in [1.165, 1.54) is 0 Å². The van der Waals surface area contributed by atoms with Gasteiger partial charge in [-0.1, -0.05) is 20.3 Å². The lowest BCUT2D eigenvalue weighted by atomic mass is 10.1. The van der Waals surface area contributed by atoms with Crippen molar-refractivity contribution in [2.45, 2.75) is 59.5 Å². The van der Waals surface area contributed by atoms with Crippen molar-refractivity contribution in [2.24, 2.45) is 0 Å². The van der Waals surface area contributed by atoms with E-state index in [1.54, 1.807) is 13.8 Å². The predicted molar refractivity (Wildman–Crippen MR) is 52.2 cm³/mol. The Bertz CT molecular complexity index is 95.3. The van der Waals surface area contributed by atoms with E-state index in [2.05, 4.69) is 6.92 Å². The quantitative estimate of drug-likeness (QED) is 0.711. The van der Waals surface area contributed by atoms with Gasteiger partial charge < -0.3 is 5.11 Å². The Morgan fingerprint density at radius 1 is 1.33 bits per heavy atom. The van der Waals surface area contributed by atoms with Gasteiger partial charge in [0.25, 0.3) is 0 Å². The predicted octanol–water partition coefficient (Wildman–Crippen LogP) is 2.54. The summed E-state index contributed by atoms with van der Waals surface area (Å²) in [5, 5.41) is 8.06. The summed E-state index contributed by atoms with van der Waals surface area (Å²) in [6.07, 6.45) is 3.52. The van der Waals surface area contributed by atoms with Crippen LogP contribution in [0.2, 0.25) is 0 Å². The van der Waals surface area contributed by atoms with Gasteiger partial charge in [-0.15, -0.1) is 0 Å². The average molecular weight is 174 g/mol. The molecule has 0 atom stereocenters. The molecule has 2 heteroatoms.